The zero-order valence-electron chi connectivity index (χ0n) is 10.6. The standard InChI is InChI=1S/C11H20FN3O3/c1-8(13)15-6-4-9(12)3-5-11(14,7-18-2)10(16)17/h3H,4-7,14H2,1-2H3,(H2,13,15)(H,16,17)/b9-3-/t11-/m0/s1. The minimum Gasteiger partial charge on any atom is -0.480 e. The summed E-state index contributed by atoms with van der Waals surface area (Å²) in [4.78, 5) is 10.9. The van der Waals surface area contributed by atoms with E-state index in [0.29, 0.717) is 0 Å². The predicted molar refractivity (Wildman–Crippen MR) is 66.3 cm³/mol. The number of nitrogens with one attached hydrogen (secondary N) is 2. The number of methoxy groups -OCH3 is 1. The summed E-state index contributed by atoms with van der Waals surface area (Å²) in [6, 6.07) is 0. The van der Waals surface area contributed by atoms with Gasteiger partial charge in [-0.25, -0.2) is 4.39 Å². The second-order valence-corrected chi connectivity index (χ2v) is 4.05. The predicted octanol–water partition coefficient (Wildman–Crippen LogP) is 0.635. The number of carbonyl (C=O) groups is 1. The molecule has 5 N–H and O–H groups in total. The number of hydrogen-bond acceptors (Lipinski definition) is 4. The first-order valence-electron chi connectivity index (χ1n) is 5.46. The number of rotatable bonds is 8. The maximum atomic E-state index is 13.3. The minimum absolute atomic E-state index is 0.0822. The molecular formula is C11H20FN3O3. The van der Waals surface area contributed by atoms with Crippen LogP contribution in [0.3, 0.4) is 0 Å². The van der Waals surface area contributed by atoms with Crippen LogP contribution < -0.4 is 11.1 Å². The third-order valence-corrected chi connectivity index (χ3v) is 2.27. The lowest BCUT2D eigenvalue weighted by Gasteiger charge is -2.21. The summed E-state index contributed by atoms with van der Waals surface area (Å²) in [5.41, 5.74) is 3.98. The lowest BCUT2D eigenvalue weighted by Crippen LogP contribution is -2.51. The molecule has 0 aromatic carbocycles. The van der Waals surface area contributed by atoms with Gasteiger partial charge in [0.15, 0.2) is 0 Å². The van der Waals surface area contributed by atoms with Crippen molar-refractivity contribution in [3.8, 4) is 0 Å². The van der Waals surface area contributed by atoms with Gasteiger partial charge in [-0.3, -0.25) is 10.2 Å². The van der Waals surface area contributed by atoms with Crippen LogP contribution in [-0.4, -0.2) is 42.7 Å². The van der Waals surface area contributed by atoms with Crippen LogP contribution in [0.5, 0.6) is 0 Å². The Hall–Kier alpha value is -1.47. The highest BCUT2D eigenvalue weighted by Crippen LogP contribution is 2.13. The molecule has 0 unspecified atom stereocenters. The van der Waals surface area contributed by atoms with Crippen molar-refractivity contribution in [3.05, 3.63) is 11.9 Å². The zero-order valence-corrected chi connectivity index (χ0v) is 10.6. The lowest BCUT2D eigenvalue weighted by molar-refractivity contribution is -0.145. The van der Waals surface area contributed by atoms with E-state index in [4.69, 9.17) is 21.0 Å². The van der Waals surface area contributed by atoms with E-state index in [0.717, 1.165) is 6.08 Å². The smallest absolute Gasteiger partial charge is 0.326 e. The first kappa shape index (κ1) is 16.5. The summed E-state index contributed by atoms with van der Waals surface area (Å²) in [5, 5.41) is 18.7. The van der Waals surface area contributed by atoms with Gasteiger partial charge in [-0.15, -0.1) is 0 Å². The number of halogens is 1. The van der Waals surface area contributed by atoms with E-state index in [2.05, 4.69) is 5.32 Å². The molecule has 1 atom stereocenters. The van der Waals surface area contributed by atoms with E-state index < -0.39 is 17.3 Å². The van der Waals surface area contributed by atoms with Crippen LogP contribution in [0.25, 0.3) is 0 Å². The molecule has 18 heavy (non-hydrogen) atoms. The van der Waals surface area contributed by atoms with Crippen LogP contribution in [0.2, 0.25) is 0 Å². The summed E-state index contributed by atoms with van der Waals surface area (Å²) < 4.78 is 18.1. The van der Waals surface area contributed by atoms with E-state index >= 15 is 0 Å². The van der Waals surface area contributed by atoms with E-state index in [9.17, 15) is 9.18 Å². The van der Waals surface area contributed by atoms with Gasteiger partial charge in [-0.2, -0.15) is 0 Å². The number of carboxylic acid groups (broad SMARTS) is 1. The second kappa shape index (κ2) is 7.78. The third-order valence-electron chi connectivity index (χ3n) is 2.27. The summed E-state index contributed by atoms with van der Waals surface area (Å²) in [5.74, 6) is -1.45. The molecule has 0 spiro atoms. The molecule has 0 aliphatic carbocycles. The van der Waals surface area contributed by atoms with Gasteiger partial charge in [0.2, 0.25) is 0 Å². The molecule has 6 nitrogen and oxygen atoms in total. The highest BCUT2D eigenvalue weighted by molar-refractivity contribution is 5.79. The lowest BCUT2D eigenvalue weighted by atomic mass is 9.97. The Morgan fingerprint density at radius 3 is 2.72 bits per heavy atom. The molecule has 0 rings (SSSR count). The number of ether oxygens (including phenoxy) is 1. The average Bonchev–Trinajstić information content (AvgIpc) is 2.26. The fourth-order valence-corrected chi connectivity index (χ4v) is 1.23. The van der Waals surface area contributed by atoms with Crippen LogP contribution in [0.1, 0.15) is 19.8 Å². The van der Waals surface area contributed by atoms with Crippen molar-refractivity contribution in [1.29, 1.82) is 5.41 Å². The van der Waals surface area contributed by atoms with Crippen molar-refractivity contribution in [3.63, 3.8) is 0 Å². The molecular weight excluding hydrogens is 241 g/mol. The van der Waals surface area contributed by atoms with Gasteiger partial charge >= 0.3 is 5.97 Å². The van der Waals surface area contributed by atoms with Gasteiger partial charge in [-0.05, 0) is 13.3 Å². The van der Waals surface area contributed by atoms with Gasteiger partial charge in [0.25, 0.3) is 0 Å². The highest BCUT2D eigenvalue weighted by atomic mass is 19.1. The summed E-state index contributed by atoms with van der Waals surface area (Å²) in [7, 11) is 1.33. The molecule has 0 fully saturated rings. The topological polar surface area (TPSA) is 108 Å². The van der Waals surface area contributed by atoms with Crippen molar-refractivity contribution in [1.82, 2.24) is 5.32 Å². The van der Waals surface area contributed by atoms with Crippen molar-refractivity contribution < 1.29 is 19.0 Å². The maximum absolute atomic E-state index is 13.3. The van der Waals surface area contributed by atoms with E-state index in [1.165, 1.54) is 7.11 Å². The van der Waals surface area contributed by atoms with Crippen molar-refractivity contribution >= 4 is 11.8 Å². The number of nitrogens with two attached hydrogens (primary N) is 1. The molecule has 0 aromatic heterocycles. The fraction of sp³-hybridized carbons (Fsp3) is 0.636. The van der Waals surface area contributed by atoms with Crippen molar-refractivity contribution in [2.75, 3.05) is 20.3 Å². The second-order valence-electron chi connectivity index (χ2n) is 4.05. The molecule has 0 saturated heterocycles. The van der Waals surface area contributed by atoms with Crippen LogP contribution >= 0.6 is 0 Å². The Morgan fingerprint density at radius 1 is 1.67 bits per heavy atom. The minimum atomic E-state index is -1.61. The Labute approximate surface area is 106 Å². The number of aliphatic carboxylic acids is 1. The fourth-order valence-electron chi connectivity index (χ4n) is 1.23. The zero-order chi connectivity index (χ0) is 14.2. The largest absolute Gasteiger partial charge is 0.480 e. The Balaban J connectivity index is 4.31. The summed E-state index contributed by atoms with van der Waals surface area (Å²) >= 11 is 0. The summed E-state index contributed by atoms with van der Waals surface area (Å²) in [6.45, 7) is 1.64. The number of hydrogen-bond donors (Lipinski definition) is 4. The normalized spacial score (nSPS) is 15.0. The van der Waals surface area contributed by atoms with Crippen LogP contribution in [0.15, 0.2) is 11.9 Å². The summed E-state index contributed by atoms with van der Waals surface area (Å²) in [6.07, 6.45) is 1.08. The van der Waals surface area contributed by atoms with Gasteiger partial charge in [0.05, 0.1) is 18.3 Å². The van der Waals surface area contributed by atoms with Crippen LogP contribution in [-0.2, 0) is 9.53 Å². The number of carboxylic acids is 1. The van der Waals surface area contributed by atoms with E-state index in [-0.39, 0.29) is 31.8 Å². The SMILES string of the molecule is COC[C@@](N)(C/C=C(\F)CCNC(C)=N)C(=O)O. The molecule has 0 saturated carbocycles. The van der Waals surface area contributed by atoms with Crippen molar-refractivity contribution in [2.45, 2.75) is 25.3 Å². The molecule has 7 heteroatoms. The van der Waals surface area contributed by atoms with Gasteiger partial charge in [-0.1, -0.05) is 6.08 Å². The first-order valence-corrected chi connectivity index (χ1v) is 5.46. The molecule has 0 aliphatic rings. The number of amidine groups is 1. The van der Waals surface area contributed by atoms with Crippen LogP contribution in [0.4, 0.5) is 4.39 Å². The molecule has 0 bridgehead atoms. The van der Waals surface area contributed by atoms with E-state index in [1.54, 1.807) is 6.92 Å². The molecule has 0 heterocycles. The van der Waals surface area contributed by atoms with Crippen molar-refractivity contribution in [2.24, 2.45) is 5.73 Å². The Bertz CT molecular complexity index is 333. The van der Waals surface area contributed by atoms with E-state index in [1.807, 2.05) is 0 Å². The molecule has 0 aliphatic heterocycles. The highest BCUT2D eigenvalue weighted by Gasteiger charge is 2.33. The molecule has 0 radical (unpaired) electrons. The average molecular weight is 261 g/mol. The monoisotopic (exact) mass is 261 g/mol. The Kier molecular flexibility index (Phi) is 7.14. The molecule has 104 valence electrons. The van der Waals surface area contributed by atoms with Gasteiger partial charge < -0.3 is 20.9 Å². The van der Waals surface area contributed by atoms with Gasteiger partial charge in [0.1, 0.15) is 5.54 Å². The first-order chi connectivity index (χ1) is 8.31. The van der Waals surface area contributed by atoms with Gasteiger partial charge in [0, 0.05) is 20.1 Å². The van der Waals surface area contributed by atoms with Crippen LogP contribution in [0, 0.1) is 5.41 Å². The maximum Gasteiger partial charge on any atom is 0.326 e. The molecule has 0 amide bonds. The molecule has 0 aromatic rings. The quantitative estimate of drug-likeness (QED) is 0.378. The third kappa shape index (κ3) is 6.31. The Morgan fingerprint density at radius 2 is 2.28 bits per heavy atom.